The number of halogens is 1. The summed E-state index contributed by atoms with van der Waals surface area (Å²) in [6, 6.07) is -0.620. The number of aromatic nitrogens is 2. The van der Waals surface area contributed by atoms with Gasteiger partial charge in [0.1, 0.15) is 11.7 Å². The number of aliphatic hydroxyl groups excluding tert-OH is 1. The van der Waals surface area contributed by atoms with Crippen LogP contribution < -0.4 is 16.0 Å². The van der Waals surface area contributed by atoms with Crippen LogP contribution in [0.25, 0.3) is 0 Å². The molecule has 4 N–H and O–H groups in total. The quantitative estimate of drug-likeness (QED) is 0.387. The van der Waals surface area contributed by atoms with Gasteiger partial charge in [0, 0.05) is 32.6 Å². The number of nitrogens with zero attached hydrogens (tertiary/aromatic N) is 3. The van der Waals surface area contributed by atoms with Crippen molar-refractivity contribution < 1.29 is 14.8 Å². The molecular weight excluding hydrogens is 352 g/mol. The molecule has 1 saturated heterocycles. The first-order valence-electron chi connectivity index (χ1n) is 7.96. The first kappa shape index (κ1) is 21.1. The van der Waals surface area contributed by atoms with Crippen LogP contribution in [0, 0.1) is 23.0 Å². The second-order valence-corrected chi connectivity index (χ2v) is 6.00. The van der Waals surface area contributed by atoms with E-state index in [1.54, 1.807) is 14.0 Å². The summed E-state index contributed by atoms with van der Waals surface area (Å²) >= 11 is 0. The summed E-state index contributed by atoms with van der Waals surface area (Å²) in [6.45, 7) is 4.91. The van der Waals surface area contributed by atoms with Crippen molar-refractivity contribution >= 4 is 29.8 Å². The zero-order chi connectivity index (χ0) is 17.9. The van der Waals surface area contributed by atoms with E-state index >= 15 is 0 Å². The van der Waals surface area contributed by atoms with Gasteiger partial charge in [-0.3, -0.25) is 14.9 Å². The van der Waals surface area contributed by atoms with Gasteiger partial charge in [0.2, 0.25) is 11.7 Å². The lowest BCUT2D eigenvalue weighted by atomic mass is 10.1. The van der Waals surface area contributed by atoms with Crippen LogP contribution in [0.15, 0.2) is 0 Å². The van der Waals surface area contributed by atoms with Crippen LogP contribution in [-0.4, -0.2) is 57.5 Å². The number of β-amino-alcohol motifs (C(OH)–C–C–N with tert-alkyl or cyclic N) is 1. The second kappa shape index (κ2) is 8.97. The molecule has 0 spiro atoms. The number of hydrogen-bond acceptors (Lipinski definition) is 7. The Morgan fingerprint density at radius 3 is 2.76 bits per heavy atom. The fourth-order valence-corrected chi connectivity index (χ4v) is 2.83. The summed E-state index contributed by atoms with van der Waals surface area (Å²) in [5.41, 5.74) is 0.166. The SMILES string of the molecule is CCC(Nc1c([N+](=O)[O-])c(C)nn1C)C(=O)NCC1CNCC1O.Cl. The number of amides is 1. The Balaban J connectivity index is 0.00000312. The topological polar surface area (TPSA) is 134 Å². The Labute approximate surface area is 151 Å². The van der Waals surface area contributed by atoms with Gasteiger partial charge < -0.3 is 21.1 Å². The smallest absolute Gasteiger partial charge is 0.333 e. The highest BCUT2D eigenvalue weighted by atomic mass is 35.5. The minimum atomic E-state index is -0.620. The molecule has 2 rings (SSSR count). The van der Waals surface area contributed by atoms with Gasteiger partial charge >= 0.3 is 5.69 Å². The minimum absolute atomic E-state index is 0. The van der Waals surface area contributed by atoms with Gasteiger partial charge in [-0.25, -0.2) is 4.68 Å². The summed E-state index contributed by atoms with van der Waals surface area (Å²) in [7, 11) is 1.59. The Hall–Kier alpha value is -1.91. The van der Waals surface area contributed by atoms with Gasteiger partial charge in [-0.1, -0.05) is 6.92 Å². The molecule has 0 saturated carbocycles. The largest absolute Gasteiger partial charge is 0.391 e. The molecule has 3 atom stereocenters. The van der Waals surface area contributed by atoms with E-state index in [0.29, 0.717) is 31.7 Å². The van der Waals surface area contributed by atoms with Crippen LogP contribution in [0.1, 0.15) is 19.0 Å². The third-order valence-electron chi connectivity index (χ3n) is 4.25. The molecule has 11 heteroatoms. The van der Waals surface area contributed by atoms with E-state index in [-0.39, 0.29) is 35.7 Å². The Morgan fingerprint density at radius 2 is 2.24 bits per heavy atom. The molecule has 1 amide bonds. The maximum Gasteiger partial charge on any atom is 0.333 e. The standard InChI is InChI=1S/C14H24N6O4.ClH/c1-4-10(14(22)16-6-9-5-15-7-11(9)21)17-13-12(20(23)24)8(2)18-19(13)3;/h9-11,15,17,21H,4-7H2,1-3H3,(H,16,22);1H. The molecule has 1 aromatic rings. The predicted molar refractivity (Wildman–Crippen MR) is 94.9 cm³/mol. The highest BCUT2D eigenvalue weighted by Gasteiger charge is 2.29. The number of nitrogens with one attached hydrogen (secondary N) is 3. The Morgan fingerprint density at radius 1 is 1.56 bits per heavy atom. The molecule has 1 aliphatic heterocycles. The molecule has 142 valence electrons. The second-order valence-electron chi connectivity index (χ2n) is 6.00. The summed E-state index contributed by atoms with van der Waals surface area (Å²) in [6.07, 6.45) is -0.0160. The van der Waals surface area contributed by atoms with Crippen LogP contribution in [0.4, 0.5) is 11.5 Å². The highest BCUT2D eigenvalue weighted by molar-refractivity contribution is 5.85. The zero-order valence-corrected chi connectivity index (χ0v) is 15.3. The molecule has 0 aliphatic carbocycles. The van der Waals surface area contributed by atoms with Crippen molar-refractivity contribution in [3.63, 3.8) is 0 Å². The molecular formula is C14H25ClN6O4. The Bertz CT molecular complexity index is 623. The van der Waals surface area contributed by atoms with Crippen molar-refractivity contribution in [2.24, 2.45) is 13.0 Å². The number of rotatable bonds is 7. The maximum atomic E-state index is 12.4. The normalized spacial score (nSPS) is 20.6. The molecule has 10 nitrogen and oxygen atoms in total. The summed E-state index contributed by atoms with van der Waals surface area (Å²) < 4.78 is 1.37. The van der Waals surface area contributed by atoms with E-state index in [9.17, 15) is 20.0 Å². The number of carbonyl (C=O) groups excluding carboxylic acids is 1. The number of aliphatic hydroxyl groups is 1. The van der Waals surface area contributed by atoms with Crippen molar-refractivity contribution in [2.75, 3.05) is 25.0 Å². The lowest BCUT2D eigenvalue weighted by molar-refractivity contribution is -0.384. The van der Waals surface area contributed by atoms with Crippen LogP contribution in [0.3, 0.4) is 0 Å². The minimum Gasteiger partial charge on any atom is -0.391 e. The fourth-order valence-electron chi connectivity index (χ4n) is 2.83. The average Bonchev–Trinajstić information content (AvgIpc) is 3.05. The van der Waals surface area contributed by atoms with Crippen LogP contribution in [0.5, 0.6) is 0 Å². The molecule has 0 aromatic carbocycles. The van der Waals surface area contributed by atoms with Crippen molar-refractivity contribution in [3.05, 3.63) is 15.8 Å². The van der Waals surface area contributed by atoms with Gasteiger partial charge in [0.25, 0.3) is 0 Å². The monoisotopic (exact) mass is 376 g/mol. The highest BCUT2D eigenvalue weighted by Crippen LogP contribution is 2.28. The Kier molecular flexibility index (Phi) is 7.59. The van der Waals surface area contributed by atoms with Gasteiger partial charge in [-0.2, -0.15) is 5.10 Å². The van der Waals surface area contributed by atoms with Crippen molar-refractivity contribution in [1.29, 1.82) is 0 Å². The van der Waals surface area contributed by atoms with E-state index in [0.717, 1.165) is 0 Å². The van der Waals surface area contributed by atoms with Crippen LogP contribution >= 0.6 is 12.4 Å². The molecule has 3 unspecified atom stereocenters. The summed E-state index contributed by atoms with van der Waals surface area (Å²) in [5, 5.41) is 33.8. The lowest BCUT2D eigenvalue weighted by Crippen LogP contribution is -2.43. The van der Waals surface area contributed by atoms with Crippen LogP contribution in [-0.2, 0) is 11.8 Å². The van der Waals surface area contributed by atoms with E-state index in [1.807, 2.05) is 6.92 Å². The number of nitro groups is 1. The number of anilines is 1. The van der Waals surface area contributed by atoms with Gasteiger partial charge in [-0.15, -0.1) is 12.4 Å². The summed E-state index contributed by atoms with van der Waals surface area (Å²) in [4.78, 5) is 23.1. The molecule has 0 bridgehead atoms. The summed E-state index contributed by atoms with van der Waals surface area (Å²) in [5.74, 6) is -0.0773. The molecule has 2 heterocycles. The van der Waals surface area contributed by atoms with E-state index in [1.165, 1.54) is 4.68 Å². The predicted octanol–water partition coefficient (Wildman–Crippen LogP) is -0.0545. The van der Waals surface area contributed by atoms with Crippen molar-refractivity contribution in [2.45, 2.75) is 32.4 Å². The molecule has 1 aromatic heterocycles. The van der Waals surface area contributed by atoms with Crippen molar-refractivity contribution in [3.8, 4) is 0 Å². The van der Waals surface area contributed by atoms with Gasteiger partial charge in [0.05, 0.1) is 11.0 Å². The van der Waals surface area contributed by atoms with E-state index in [2.05, 4.69) is 21.0 Å². The molecule has 1 aliphatic rings. The first-order valence-corrected chi connectivity index (χ1v) is 7.96. The molecule has 1 fully saturated rings. The first-order chi connectivity index (χ1) is 11.3. The van der Waals surface area contributed by atoms with E-state index in [4.69, 9.17) is 0 Å². The zero-order valence-electron chi connectivity index (χ0n) is 14.5. The molecule has 0 radical (unpaired) electrons. The number of aryl methyl sites for hydroxylation is 2. The third kappa shape index (κ3) is 4.80. The van der Waals surface area contributed by atoms with Crippen molar-refractivity contribution in [1.82, 2.24) is 20.4 Å². The number of hydrogen-bond donors (Lipinski definition) is 4. The van der Waals surface area contributed by atoms with Gasteiger partial charge in [-0.05, 0) is 13.3 Å². The van der Waals surface area contributed by atoms with Crippen LogP contribution in [0.2, 0.25) is 0 Å². The van der Waals surface area contributed by atoms with Gasteiger partial charge in [0.15, 0.2) is 0 Å². The number of carbonyl (C=O) groups is 1. The average molecular weight is 377 g/mol. The molecule has 25 heavy (non-hydrogen) atoms. The van der Waals surface area contributed by atoms with E-state index < -0.39 is 17.1 Å². The third-order valence-corrected chi connectivity index (χ3v) is 4.25. The fraction of sp³-hybridized carbons (Fsp3) is 0.714. The lowest BCUT2D eigenvalue weighted by Gasteiger charge is -2.20. The maximum absolute atomic E-state index is 12.4.